The fourth-order valence-electron chi connectivity index (χ4n) is 3.37. The van der Waals surface area contributed by atoms with Crippen LogP contribution in [-0.2, 0) is 0 Å². The molecule has 0 aromatic rings. The number of nitrogens with one attached hydrogen (secondary N) is 1. The molecule has 2 unspecified atom stereocenters. The highest BCUT2D eigenvalue weighted by molar-refractivity contribution is 4.97. The van der Waals surface area contributed by atoms with Gasteiger partial charge in [-0.15, -0.1) is 0 Å². The van der Waals surface area contributed by atoms with E-state index in [4.69, 9.17) is 10.2 Å². The van der Waals surface area contributed by atoms with Crippen molar-refractivity contribution in [3.05, 3.63) is 0 Å². The van der Waals surface area contributed by atoms with Gasteiger partial charge in [0, 0.05) is 25.7 Å². The van der Waals surface area contributed by atoms with Gasteiger partial charge in [-0.3, -0.25) is 4.90 Å². The van der Waals surface area contributed by atoms with Gasteiger partial charge < -0.3 is 15.5 Å². The van der Waals surface area contributed by atoms with Crippen molar-refractivity contribution < 1.29 is 10.2 Å². The maximum Gasteiger partial charge on any atom is 0.0558 e. The highest BCUT2D eigenvalue weighted by Gasteiger charge is 2.41. The summed E-state index contributed by atoms with van der Waals surface area (Å²) in [6.45, 7) is 10.6. The molecule has 0 heterocycles. The van der Waals surface area contributed by atoms with Crippen molar-refractivity contribution in [2.24, 2.45) is 11.3 Å². The van der Waals surface area contributed by atoms with Gasteiger partial charge in [-0.1, -0.05) is 20.8 Å². The van der Waals surface area contributed by atoms with Crippen LogP contribution in [0.1, 0.15) is 40.0 Å². The van der Waals surface area contributed by atoms with Crippen LogP contribution in [0.5, 0.6) is 0 Å². The first-order valence-corrected chi connectivity index (χ1v) is 7.72. The Morgan fingerprint density at radius 1 is 1.21 bits per heavy atom. The SMILES string of the molecule is CCCNC1C(CN(CCO)CCO)CCC1(C)C. The van der Waals surface area contributed by atoms with Gasteiger partial charge in [0.05, 0.1) is 13.2 Å². The Balaban J connectivity index is 2.58. The van der Waals surface area contributed by atoms with Crippen molar-refractivity contribution in [2.45, 2.75) is 46.1 Å². The molecule has 1 saturated carbocycles. The second-order valence-corrected chi connectivity index (χ2v) is 6.47. The monoisotopic (exact) mass is 272 g/mol. The second kappa shape index (κ2) is 8.20. The highest BCUT2D eigenvalue weighted by Crippen LogP contribution is 2.41. The Bertz CT molecular complexity index is 240. The van der Waals surface area contributed by atoms with Gasteiger partial charge in [0.25, 0.3) is 0 Å². The molecule has 0 aromatic heterocycles. The topological polar surface area (TPSA) is 55.7 Å². The second-order valence-electron chi connectivity index (χ2n) is 6.47. The molecule has 0 aromatic carbocycles. The summed E-state index contributed by atoms with van der Waals surface area (Å²) < 4.78 is 0. The first kappa shape index (κ1) is 16.9. The summed E-state index contributed by atoms with van der Waals surface area (Å²) >= 11 is 0. The zero-order valence-electron chi connectivity index (χ0n) is 12.9. The minimum Gasteiger partial charge on any atom is -0.395 e. The average Bonchev–Trinajstić information content (AvgIpc) is 2.63. The zero-order chi connectivity index (χ0) is 14.3. The summed E-state index contributed by atoms with van der Waals surface area (Å²) in [5, 5.41) is 21.9. The van der Waals surface area contributed by atoms with Crippen LogP contribution in [0, 0.1) is 11.3 Å². The standard InChI is InChI=1S/C15H32N2O2/c1-4-7-16-14-13(5-6-15(14,2)3)12-17(8-10-18)9-11-19/h13-14,16,18-19H,4-12H2,1-3H3. The molecule has 0 radical (unpaired) electrons. The van der Waals surface area contributed by atoms with E-state index in [0.29, 0.717) is 30.5 Å². The predicted molar refractivity (Wildman–Crippen MR) is 79.2 cm³/mol. The zero-order valence-corrected chi connectivity index (χ0v) is 12.9. The van der Waals surface area contributed by atoms with Crippen molar-refractivity contribution in [2.75, 3.05) is 39.4 Å². The molecule has 3 N–H and O–H groups in total. The normalized spacial score (nSPS) is 26.2. The highest BCUT2D eigenvalue weighted by atomic mass is 16.3. The van der Waals surface area contributed by atoms with Crippen molar-refractivity contribution in [3.8, 4) is 0 Å². The molecule has 19 heavy (non-hydrogen) atoms. The lowest BCUT2D eigenvalue weighted by atomic mass is 9.84. The minimum absolute atomic E-state index is 0.170. The minimum atomic E-state index is 0.170. The Morgan fingerprint density at radius 2 is 1.84 bits per heavy atom. The Hall–Kier alpha value is -0.160. The molecular weight excluding hydrogens is 240 g/mol. The quantitative estimate of drug-likeness (QED) is 0.588. The number of hydrogen-bond donors (Lipinski definition) is 3. The van der Waals surface area contributed by atoms with Crippen LogP contribution in [0.3, 0.4) is 0 Å². The van der Waals surface area contributed by atoms with E-state index in [1.807, 2.05) is 0 Å². The first-order chi connectivity index (χ1) is 9.05. The van der Waals surface area contributed by atoms with Gasteiger partial charge in [0.1, 0.15) is 0 Å². The summed E-state index contributed by atoms with van der Waals surface area (Å²) in [6.07, 6.45) is 3.66. The molecule has 1 rings (SSSR count). The van der Waals surface area contributed by atoms with Crippen molar-refractivity contribution in [3.63, 3.8) is 0 Å². The largest absolute Gasteiger partial charge is 0.395 e. The van der Waals surface area contributed by atoms with E-state index in [9.17, 15) is 0 Å². The van der Waals surface area contributed by atoms with Gasteiger partial charge in [0.15, 0.2) is 0 Å². The first-order valence-electron chi connectivity index (χ1n) is 7.72. The Labute approximate surface area is 118 Å². The van der Waals surface area contributed by atoms with Gasteiger partial charge in [-0.25, -0.2) is 0 Å². The predicted octanol–water partition coefficient (Wildman–Crippen LogP) is 1.08. The average molecular weight is 272 g/mol. The molecule has 1 aliphatic carbocycles. The summed E-state index contributed by atoms with van der Waals surface area (Å²) in [4.78, 5) is 2.19. The summed E-state index contributed by atoms with van der Waals surface area (Å²) in [5.74, 6) is 0.625. The molecule has 4 heteroatoms. The van der Waals surface area contributed by atoms with Gasteiger partial charge in [0.2, 0.25) is 0 Å². The van der Waals surface area contributed by atoms with Crippen molar-refractivity contribution in [1.29, 1.82) is 0 Å². The molecule has 114 valence electrons. The Morgan fingerprint density at radius 3 is 2.37 bits per heavy atom. The van der Waals surface area contributed by atoms with E-state index in [1.54, 1.807) is 0 Å². The summed E-state index contributed by atoms with van der Waals surface area (Å²) in [5.41, 5.74) is 0.351. The molecule has 0 aliphatic heterocycles. The summed E-state index contributed by atoms with van der Waals surface area (Å²) in [6, 6.07) is 0.548. The van der Waals surface area contributed by atoms with E-state index in [0.717, 1.165) is 19.5 Å². The third kappa shape index (κ3) is 5.03. The van der Waals surface area contributed by atoms with Crippen LogP contribution < -0.4 is 5.32 Å². The van der Waals surface area contributed by atoms with E-state index in [-0.39, 0.29) is 13.2 Å². The molecule has 1 aliphatic rings. The number of aliphatic hydroxyl groups is 2. The molecule has 1 fully saturated rings. The van der Waals surface area contributed by atoms with Gasteiger partial charge in [-0.05, 0) is 37.1 Å². The van der Waals surface area contributed by atoms with E-state index >= 15 is 0 Å². The van der Waals surface area contributed by atoms with E-state index in [2.05, 4.69) is 31.0 Å². The van der Waals surface area contributed by atoms with Crippen LogP contribution in [0.25, 0.3) is 0 Å². The molecule has 0 spiro atoms. The molecule has 0 amide bonds. The molecule has 2 atom stereocenters. The molecular formula is C15H32N2O2. The lowest BCUT2D eigenvalue weighted by Crippen LogP contribution is -2.46. The third-order valence-electron chi connectivity index (χ3n) is 4.41. The maximum atomic E-state index is 9.11. The molecule has 0 saturated heterocycles. The fourth-order valence-corrected chi connectivity index (χ4v) is 3.37. The lowest BCUT2D eigenvalue weighted by molar-refractivity contribution is 0.130. The van der Waals surface area contributed by atoms with E-state index in [1.165, 1.54) is 12.8 Å². The van der Waals surface area contributed by atoms with E-state index < -0.39 is 0 Å². The number of hydrogen-bond acceptors (Lipinski definition) is 4. The number of aliphatic hydroxyl groups excluding tert-OH is 2. The van der Waals surface area contributed by atoms with Crippen LogP contribution in [-0.4, -0.2) is 60.5 Å². The van der Waals surface area contributed by atoms with Gasteiger partial charge >= 0.3 is 0 Å². The van der Waals surface area contributed by atoms with Crippen LogP contribution in [0.2, 0.25) is 0 Å². The fraction of sp³-hybridized carbons (Fsp3) is 1.00. The maximum absolute atomic E-state index is 9.11. The van der Waals surface area contributed by atoms with Crippen LogP contribution >= 0.6 is 0 Å². The van der Waals surface area contributed by atoms with Crippen LogP contribution in [0.15, 0.2) is 0 Å². The Kier molecular flexibility index (Phi) is 7.29. The number of nitrogens with zero attached hydrogens (tertiary/aromatic N) is 1. The van der Waals surface area contributed by atoms with Crippen LogP contribution in [0.4, 0.5) is 0 Å². The smallest absolute Gasteiger partial charge is 0.0558 e. The third-order valence-corrected chi connectivity index (χ3v) is 4.41. The molecule has 4 nitrogen and oxygen atoms in total. The van der Waals surface area contributed by atoms with Gasteiger partial charge in [-0.2, -0.15) is 0 Å². The lowest BCUT2D eigenvalue weighted by Gasteiger charge is -2.34. The molecule has 0 bridgehead atoms. The summed E-state index contributed by atoms with van der Waals surface area (Å²) in [7, 11) is 0. The number of rotatable bonds is 9. The van der Waals surface area contributed by atoms with Crippen molar-refractivity contribution in [1.82, 2.24) is 10.2 Å². The van der Waals surface area contributed by atoms with Crippen molar-refractivity contribution >= 4 is 0 Å².